The number of nitrogen functional groups attached to an aromatic ring is 2. The van der Waals surface area contributed by atoms with Crippen LogP contribution in [-0.4, -0.2) is 10.2 Å². The highest BCUT2D eigenvalue weighted by Crippen LogP contribution is 2.66. The molecule has 5 heteroatoms. The molecule has 0 amide bonds. The zero-order chi connectivity index (χ0) is 21.8. The lowest BCUT2D eigenvalue weighted by Gasteiger charge is -2.37. The summed E-state index contributed by atoms with van der Waals surface area (Å²) >= 11 is 0. The summed E-state index contributed by atoms with van der Waals surface area (Å²) in [7, 11) is -2.84. The maximum atomic E-state index is 14.2. The first-order chi connectivity index (χ1) is 15.0. The van der Waals surface area contributed by atoms with E-state index in [1.807, 2.05) is 60.7 Å². The number of anilines is 2. The standard InChI is InChI=1S/C26H22N2O2S/c27-21-11-7-9-19(17-21)25(29)31(23-13-3-1-4-14-23,24-15-5-2-6-16-24)26(30)20-10-8-12-22(28)18-20/h1-18H,27-28H2. The van der Waals surface area contributed by atoms with Gasteiger partial charge in [0, 0.05) is 32.3 Å². The Morgan fingerprint density at radius 1 is 0.516 bits per heavy atom. The molecule has 0 radical (unpaired) electrons. The minimum absolute atomic E-state index is 0.260. The third-order valence-electron chi connectivity index (χ3n) is 4.99. The molecular weight excluding hydrogens is 404 g/mol. The zero-order valence-electron chi connectivity index (χ0n) is 16.8. The second-order valence-corrected chi connectivity index (χ2v) is 9.97. The van der Waals surface area contributed by atoms with Gasteiger partial charge in [-0.05, 0) is 48.5 Å². The van der Waals surface area contributed by atoms with Gasteiger partial charge < -0.3 is 11.5 Å². The average molecular weight is 427 g/mol. The van der Waals surface area contributed by atoms with Gasteiger partial charge in [-0.2, -0.15) is 0 Å². The fourth-order valence-corrected chi connectivity index (χ4v) is 6.97. The molecule has 4 aromatic rings. The number of rotatable bonds is 4. The van der Waals surface area contributed by atoms with Gasteiger partial charge >= 0.3 is 0 Å². The molecule has 4 rings (SSSR count). The Kier molecular flexibility index (Phi) is 5.60. The second kappa shape index (κ2) is 8.50. The van der Waals surface area contributed by atoms with Crippen LogP contribution in [0, 0.1) is 0 Å². The van der Waals surface area contributed by atoms with E-state index in [0.717, 1.165) is 0 Å². The van der Waals surface area contributed by atoms with Crippen molar-refractivity contribution in [3.05, 3.63) is 120 Å². The van der Waals surface area contributed by atoms with Crippen molar-refractivity contribution in [2.75, 3.05) is 11.5 Å². The highest BCUT2D eigenvalue weighted by molar-refractivity contribution is 8.56. The molecule has 0 atom stereocenters. The summed E-state index contributed by atoms with van der Waals surface area (Å²) < 4.78 is 0. The third-order valence-corrected chi connectivity index (χ3v) is 8.54. The van der Waals surface area contributed by atoms with Crippen LogP contribution in [-0.2, 0) is 0 Å². The molecule has 0 bridgehead atoms. The monoisotopic (exact) mass is 426 g/mol. The van der Waals surface area contributed by atoms with E-state index < -0.39 is 10.0 Å². The number of benzene rings is 4. The Morgan fingerprint density at radius 2 is 0.903 bits per heavy atom. The molecule has 0 aliphatic rings. The van der Waals surface area contributed by atoms with Crippen molar-refractivity contribution < 1.29 is 9.59 Å². The van der Waals surface area contributed by atoms with Crippen LogP contribution in [0.25, 0.3) is 0 Å². The Bertz CT molecular complexity index is 1140. The predicted molar refractivity (Wildman–Crippen MR) is 127 cm³/mol. The number of nitrogens with two attached hydrogens (primary N) is 2. The van der Waals surface area contributed by atoms with Gasteiger partial charge in [0.05, 0.1) is 0 Å². The fourth-order valence-electron chi connectivity index (χ4n) is 3.58. The minimum Gasteiger partial charge on any atom is -0.399 e. The van der Waals surface area contributed by atoms with E-state index in [1.165, 1.54) is 0 Å². The van der Waals surface area contributed by atoms with Crippen molar-refractivity contribution in [1.82, 2.24) is 0 Å². The van der Waals surface area contributed by atoms with Gasteiger partial charge in [0.15, 0.2) is 0 Å². The van der Waals surface area contributed by atoms with E-state index >= 15 is 0 Å². The molecule has 0 saturated heterocycles. The smallest absolute Gasteiger partial charge is 0.217 e. The Labute approximate surface area is 182 Å². The van der Waals surface area contributed by atoms with Crippen LogP contribution in [0.5, 0.6) is 0 Å². The maximum absolute atomic E-state index is 14.2. The lowest BCUT2D eigenvalue weighted by molar-refractivity contribution is 0.105. The van der Waals surface area contributed by atoms with Crippen LogP contribution in [0.15, 0.2) is 119 Å². The van der Waals surface area contributed by atoms with Gasteiger partial charge in [0.2, 0.25) is 10.2 Å². The maximum Gasteiger partial charge on any atom is 0.217 e. The predicted octanol–water partition coefficient (Wildman–Crippen LogP) is 5.75. The SMILES string of the molecule is Nc1cccc(C(=O)S(C(=O)c2cccc(N)c2)(c2ccccc2)c2ccccc2)c1. The summed E-state index contributed by atoms with van der Waals surface area (Å²) in [6.45, 7) is 0. The molecular formula is C26H22N2O2S. The first kappa shape index (κ1) is 20.4. The average Bonchev–Trinajstić information content (AvgIpc) is 2.81. The third kappa shape index (κ3) is 3.71. The van der Waals surface area contributed by atoms with Crippen LogP contribution >= 0.6 is 10.0 Å². The summed E-state index contributed by atoms with van der Waals surface area (Å²) in [5.41, 5.74) is 13.7. The van der Waals surface area contributed by atoms with Gasteiger partial charge in [0.1, 0.15) is 0 Å². The van der Waals surface area contributed by atoms with E-state index in [2.05, 4.69) is 0 Å². The summed E-state index contributed by atoms with van der Waals surface area (Å²) in [4.78, 5) is 29.8. The topological polar surface area (TPSA) is 86.2 Å². The van der Waals surface area contributed by atoms with E-state index in [9.17, 15) is 9.59 Å². The fraction of sp³-hybridized carbons (Fsp3) is 0. The van der Waals surface area contributed by atoms with Crippen molar-refractivity contribution in [2.45, 2.75) is 9.79 Å². The molecule has 154 valence electrons. The quantitative estimate of drug-likeness (QED) is 0.407. The number of carbonyl (C=O) groups is 2. The molecule has 0 heterocycles. The molecule has 4 nitrogen and oxygen atoms in total. The molecule has 31 heavy (non-hydrogen) atoms. The first-order valence-corrected chi connectivity index (χ1v) is 11.4. The number of hydrogen-bond acceptors (Lipinski definition) is 4. The molecule has 0 spiro atoms. The highest BCUT2D eigenvalue weighted by Gasteiger charge is 2.44. The highest BCUT2D eigenvalue weighted by atomic mass is 32.3. The number of carbonyl (C=O) groups excluding carboxylic acids is 2. The van der Waals surface area contributed by atoms with Gasteiger partial charge in [-0.1, -0.05) is 70.7 Å². The molecule has 0 unspecified atom stereocenters. The zero-order valence-corrected chi connectivity index (χ0v) is 17.6. The van der Waals surface area contributed by atoms with Crippen molar-refractivity contribution in [2.24, 2.45) is 0 Å². The Morgan fingerprint density at radius 3 is 1.26 bits per heavy atom. The minimum atomic E-state index is -2.84. The molecule has 0 aliphatic carbocycles. The van der Waals surface area contributed by atoms with E-state index in [-0.39, 0.29) is 10.2 Å². The second-order valence-electron chi connectivity index (χ2n) is 7.06. The lowest BCUT2D eigenvalue weighted by Crippen LogP contribution is -2.23. The van der Waals surface area contributed by atoms with Gasteiger partial charge in [-0.15, -0.1) is 0 Å². The van der Waals surface area contributed by atoms with Crippen molar-refractivity contribution >= 4 is 31.6 Å². The Balaban J connectivity index is 2.07. The van der Waals surface area contributed by atoms with Crippen molar-refractivity contribution in [3.8, 4) is 0 Å². The summed E-state index contributed by atoms with van der Waals surface area (Å²) in [6.07, 6.45) is 0. The van der Waals surface area contributed by atoms with Crippen LogP contribution in [0.3, 0.4) is 0 Å². The van der Waals surface area contributed by atoms with Crippen molar-refractivity contribution in [3.63, 3.8) is 0 Å². The number of hydrogen-bond donors (Lipinski definition) is 2. The molecule has 4 aromatic carbocycles. The molecule has 0 aliphatic heterocycles. The van der Waals surface area contributed by atoms with Crippen LogP contribution in [0.2, 0.25) is 0 Å². The molecule has 0 fully saturated rings. The normalized spacial score (nSPS) is 11.6. The Hall–Kier alpha value is -3.83. The first-order valence-electron chi connectivity index (χ1n) is 9.77. The lowest BCUT2D eigenvalue weighted by atomic mass is 10.2. The van der Waals surface area contributed by atoms with Gasteiger partial charge in [-0.25, -0.2) is 0 Å². The van der Waals surface area contributed by atoms with Gasteiger partial charge in [-0.3, -0.25) is 9.59 Å². The van der Waals surface area contributed by atoms with Crippen LogP contribution < -0.4 is 11.5 Å². The summed E-state index contributed by atoms with van der Waals surface area (Å²) in [6, 6.07) is 32.1. The van der Waals surface area contributed by atoms with Crippen LogP contribution in [0.4, 0.5) is 11.4 Å². The molecule has 4 N–H and O–H groups in total. The largest absolute Gasteiger partial charge is 0.399 e. The van der Waals surface area contributed by atoms with Gasteiger partial charge in [0.25, 0.3) is 0 Å². The van der Waals surface area contributed by atoms with Crippen LogP contribution in [0.1, 0.15) is 20.7 Å². The summed E-state index contributed by atoms with van der Waals surface area (Å²) in [5, 5.41) is -0.519. The van der Waals surface area contributed by atoms with Crippen molar-refractivity contribution in [1.29, 1.82) is 0 Å². The summed E-state index contributed by atoms with van der Waals surface area (Å²) in [5.74, 6) is 0. The van der Waals surface area contributed by atoms with E-state index in [4.69, 9.17) is 11.5 Å². The van der Waals surface area contributed by atoms with E-state index in [1.54, 1.807) is 48.5 Å². The van der Waals surface area contributed by atoms with E-state index in [0.29, 0.717) is 32.3 Å². The molecule has 0 aromatic heterocycles. The molecule has 0 saturated carbocycles.